The first kappa shape index (κ1) is 15.4. The van der Waals surface area contributed by atoms with Crippen molar-refractivity contribution in [2.45, 2.75) is 41.1 Å². The maximum absolute atomic E-state index is 12.2. The second-order valence-corrected chi connectivity index (χ2v) is 8.12. The van der Waals surface area contributed by atoms with E-state index in [-0.39, 0.29) is 21.9 Å². The van der Waals surface area contributed by atoms with Gasteiger partial charge in [0, 0.05) is 12.1 Å². The van der Waals surface area contributed by atoms with Crippen LogP contribution in [-0.4, -0.2) is 28.9 Å². The van der Waals surface area contributed by atoms with Gasteiger partial charge in [0.2, 0.25) is 20.0 Å². The maximum atomic E-state index is 12.2. The van der Waals surface area contributed by atoms with E-state index in [0.717, 1.165) is 18.9 Å². The first-order valence-corrected chi connectivity index (χ1v) is 9.14. The molecule has 0 bridgehead atoms. The molecule has 1 fully saturated rings. The average Bonchev–Trinajstić information content (AvgIpc) is 2.73. The molecule has 20 heavy (non-hydrogen) atoms. The number of rotatable bonds is 4. The molecule has 9 heteroatoms. The van der Waals surface area contributed by atoms with E-state index in [4.69, 9.17) is 10.9 Å². The van der Waals surface area contributed by atoms with E-state index in [2.05, 4.69) is 4.72 Å². The van der Waals surface area contributed by atoms with Crippen LogP contribution in [0.5, 0.6) is 0 Å². The SMILES string of the molecule is NC1CCCC1NS(=O)(=O)c1cccc(S(N)(=O)=O)c1. The summed E-state index contributed by atoms with van der Waals surface area (Å²) < 4.78 is 49.4. The Morgan fingerprint density at radius 2 is 1.75 bits per heavy atom. The van der Waals surface area contributed by atoms with Gasteiger partial charge in [-0.25, -0.2) is 26.7 Å². The van der Waals surface area contributed by atoms with Crippen molar-refractivity contribution >= 4 is 20.0 Å². The van der Waals surface area contributed by atoms with Crippen molar-refractivity contribution < 1.29 is 16.8 Å². The van der Waals surface area contributed by atoms with Crippen LogP contribution < -0.4 is 15.6 Å². The van der Waals surface area contributed by atoms with Crippen LogP contribution in [0.25, 0.3) is 0 Å². The molecule has 2 rings (SSSR count). The number of sulfonamides is 2. The highest BCUT2D eigenvalue weighted by atomic mass is 32.2. The summed E-state index contributed by atoms with van der Waals surface area (Å²) in [7, 11) is -7.75. The van der Waals surface area contributed by atoms with Crippen LogP contribution in [0.3, 0.4) is 0 Å². The smallest absolute Gasteiger partial charge is 0.240 e. The number of primary sulfonamides is 1. The fraction of sp³-hybridized carbons (Fsp3) is 0.455. The van der Waals surface area contributed by atoms with Crippen molar-refractivity contribution in [1.82, 2.24) is 4.72 Å². The Balaban J connectivity index is 2.30. The highest BCUT2D eigenvalue weighted by Gasteiger charge is 2.29. The Bertz CT molecular complexity index is 700. The van der Waals surface area contributed by atoms with Crippen LogP contribution in [-0.2, 0) is 20.0 Å². The molecule has 2 unspecified atom stereocenters. The molecule has 0 aliphatic heterocycles. The molecule has 5 N–H and O–H groups in total. The molecular weight excluding hydrogens is 302 g/mol. The van der Waals surface area contributed by atoms with E-state index in [9.17, 15) is 16.8 Å². The number of hydrogen-bond donors (Lipinski definition) is 3. The van der Waals surface area contributed by atoms with Gasteiger partial charge in [0.25, 0.3) is 0 Å². The van der Waals surface area contributed by atoms with E-state index in [0.29, 0.717) is 6.42 Å². The van der Waals surface area contributed by atoms with Crippen molar-refractivity contribution in [3.05, 3.63) is 24.3 Å². The van der Waals surface area contributed by atoms with Crippen molar-refractivity contribution in [2.24, 2.45) is 10.9 Å². The first-order chi connectivity index (χ1) is 9.20. The van der Waals surface area contributed by atoms with Gasteiger partial charge < -0.3 is 5.73 Å². The molecule has 1 aromatic carbocycles. The van der Waals surface area contributed by atoms with Crippen molar-refractivity contribution in [3.63, 3.8) is 0 Å². The van der Waals surface area contributed by atoms with Gasteiger partial charge in [-0.2, -0.15) is 0 Å². The molecule has 0 aromatic heterocycles. The van der Waals surface area contributed by atoms with Crippen molar-refractivity contribution in [2.75, 3.05) is 0 Å². The van der Waals surface area contributed by atoms with Gasteiger partial charge in [0.05, 0.1) is 9.79 Å². The molecule has 112 valence electrons. The molecule has 0 spiro atoms. The first-order valence-electron chi connectivity index (χ1n) is 6.11. The Hall–Kier alpha value is -1.00. The van der Waals surface area contributed by atoms with Gasteiger partial charge in [-0.05, 0) is 31.0 Å². The van der Waals surface area contributed by atoms with E-state index >= 15 is 0 Å². The molecule has 1 saturated carbocycles. The predicted octanol–water partition coefficient (Wildman–Crippen LogP) is -0.508. The van der Waals surface area contributed by atoms with Crippen LogP contribution in [0.2, 0.25) is 0 Å². The summed E-state index contributed by atoms with van der Waals surface area (Å²) in [5.74, 6) is 0. The van der Waals surface area contributed by atoms with E-state index in [1.165, 1.54) is 18.2 Å². The molecule has 1 aliphatic carbocycles. The summed E-state index contributed by atoms with van der Waals surface area (Å²) in [6, 6.07) is 4.40. The molecule has 0 radical (unpaired) electrons. The van der Waals surface area contributed by atoms with Crippen LogP contribution in [0.15, 0.2) is 34.1 Å². The van der Waals surface area contributed by atoms with Gasteiger partial charge in [-0.1, -0.05) is 12.5 Å². The highest BCUT2D eigenvalue weighted by molar-refractivity contribution is 7.90. The highest BCUT2D eigenvalue weighted by Crippen LogP contribution is 2.21. The number of benzene rings is 1. The van der Waals surface area contributed by atoms with Gasteiger partial charge >= 0.3 is 0 Å². The third-order valence-corrected chi connectivity index (χ3v) is 5.72. The molecule has 0 heterocycles. The van der Waals surface area contributed by atoms with E-state index < -0.39 is 20.0 Å². The fourth-order valence-corrected chi connectivity index (χ4v) is 4.22. The lowest BCUT2D eigenvalue weighted by atomic mass is 10.2. The third kappa shape index (κ3) is 3.36. The lowest BCUT2D eigenvalue weighted by molar-refractivity contribution is 0.522. The molecule has 0 saturated heterocycles. The second kappa shape index (κ2) is 5.41. The summed E-state index contributed by atoms with van der Waals surface area (Å²) in [5.41, 5.74) is 5.82. The molecule has 2 atom stereocenters. The monoisotopic (exact) mass is 319 g/mol. The maximum Gasteiger partial charge on any atom is 0.240 e. The van der Waals surface area contributed by atoms with Crippen molar-refractivity contribution in [3.8, 4) is 0 Å². The van der Waals surface area contributed by atoms with Crippen molar-refractivity contribution in [1.29, 1.82) is 0 Å². The zero-order valence-electron chi connectivity index (χ0n) is 10.7. The average molecular weight is 319 g/mol. The summed E-state index contributed by atoms with van der Waals surface area (Å²) in [6.45, 7) is 0. The predicted molar refractivity (Wildman–Crippen MR) is 73.8 cm³/mol. The number of nitrogens with two attached hydrogens (primary N) is 2. The fourth-order valence-electron chi connectivity index (χ4n) is 2.22. The Morgan fingerprint density at radius 1 is 1.10 bits per heavy atom. The molecule has 1 aliphatic rings. The Morgan fingerprint density at radius 3 is 2.30 bits per heavy atom. The van der Waals surface area contributed by atoms with E-state index in [1.54, 1.807) is 0 Å². The standard InChI is InChI=1S/C11H17N3O4S2/c12-10-5-2-6-11(10)14-20(17,18)9-4-1-3-8(7-9)19(13,15)16/h1,3-4,7,10-11,14H,2,5-6,12H2,(H2,13,15,16). The normalized spacial score (nSPS) is 23.9. The topological polar surface area (TPSA) is 132 Å². The Kier molecular flexibility index (Phi) is 4.17. The van der Waals surface area contributed by atoms with Gasteiger partial charge in [0.15, 0.2) is 0 Å². The second-order valence-electron chi connectivity index (χ2n) is 4.84. The minimum atomic E-state index is -3.94. The lowest BCUT2D eigenvalue weighted by Gasteiger charge is -2.17. The lowest BCUT2D eigenvalue weighted by Crippen LogP contribution is -2.43. The molecule has 0 amide bonds. The molecule has 7 nitrogen and oxygen atoms in total. The summed E-state index contributed by atoms with van der Waals surface area (Å²) >= 11 is 0. The minimum Gasteiger partial charge on any atom is -0.326 e. The van der Waals surface area contributed by atoms with Gasteiger partial charge in [0.1, 0.15) is 0 Å². The third-order valence-electron chi connectivity index (χ3n) is 3.32. The van der Waals surface area contributed by atoms with Crippen LogP contribution in [0, 0.1) is 0 Å². The van der Waals surface area contributed by atoms with Crippen LogP contribution >= 0.6 is 0 Å². The van der Waals surface area contributed by atoms with Crippen LogP contribution in [0.4, 0.5) is 0 Å². The summed E-state index contributed by atoms with van der Waals surface area (Å²) in [4.78, 5) is -0.376. The zero-order valence-corrected chi connectivity index (χ0v) is 12.3. The Labute approximate surface area is 118 Å². The van der Waals surface area contributed by atoms with Gasteiger partial charge in [-0.3, -0.25) is 0 Å². The van der Waals surface area contributed by atoms with Gasteiger partial charge in [-0.15, -0.1) is 0 Å². The largest absolute Gasteiger partial charge is 0.326 e. The van der Waals surface area contributed by atoms with Crippen LogP contribution in [0.1, 0.15) is 19.3 Å². The number of hydrogen-bond acceptors (Lipinski definition) is 5. The quantitative estimate of drug-likeness (QED) is 0.687. The number of nitrogens with one attached hydrogen (secondary N) is 1. The van der Waals surface area contributed by atoms with E-state index in [1.807, 2.05) is 0 Å². The summed E-state index contributed by atoms with van der Waals surface area (Å²) in [5, 5.41) is 4.99. The zero-order chi connectivity index (χ0) is 15.0. The molecule has 1 aromatic rings. The minimum absolute atomic E-state index is 0.136. The molecular formula is C11H17N3O4S2. The summed E-state index contributed by atoms with van der Waals surface area (Å²) in [6.07, 6.45) is 2.31.